The van der Waals surface area contributed by atoms with E-state index >= 15 is 0 Å². The molecule has 3 aromatic rings. The number of hydrogen-bond donors (Lipinski definition) is 1. The Morgan fingerprint density at radius 1 is 1.13 bits per heavy atom. The number of rotatable bonds is 4. The number of pyridine rings is 2. The summed E-state index contributed by atoms with van der Waals surface area (Å²) in [7, 11) is 0. The van der Waals surface area contributed by atoms with Gasteiger partial charge in [-0.15, -0.1) is 0 Å². The molecule has 1 saturated heterocycles. The minimum atomic E-state index is -2.69. The third-order valence-corrected chi connectivity index (χ3v) is 7.27. The number of aromatic carboxylic acids is 1. The highest BCUT2D eigenvalue weighted by Gasteiger charge is 2.32. The number of nitrogens with zero attached hydrogens (tertiary/aromatic N) is 4. The fraction of sp³-hybridized carbons (Fsp3) is 0.448. The highest BCUT2D eigenvalue weighted by atomic mass is 19.3. The van der Waals surface area contributed by atoms with Gasteiger partial charge in [0, 0.05) is 42.5 Å². The van der Waals surface area contributed by atoms with Crippen LogP contribution in [0, 0.1) is 0 Å². The number of benzene rings is 1. The van der Waals surface area contributed by atoms with E-state index in [1.165, 1.54) is 6.07 Å². The lowest BCUT2D eigenvalue weighted by molar-refractivity contribution is 0.0203. The Bertz CT molecular complexity index is 1410. The van der Waals surface area contributed by atoms with Gasteiger partial charge in [0.15, 0.2) is 11.5 Å². The van der Waals surface area contributed by atoms with Crippen LogP contribution in [-0.4, -0.2) is 57.3 Å². The van der Waals surface area contributed by atoms with Gasteiger partial charge in [-0.25, -0.2) is 23.4 Å². The van der Waals surface area contributed by atoms with E-state index in [2.05, 4.69) is 9.97 Å². The molecule has 10 heteroatoms. The van der Waals surface area contributed by atoms with E-state index in [-0.39, 0.29) is 23.3 Å². The van der Waals surface area contributed by atoms with Crippen molar-refractivity contribution in [3.63, 3.8) is 0 Å². The summed E-state index contributed by atoms with van der Waals surface area (Å²) in [5, 5.41) is 10.3. The molecular weight excluding hydrogens is 506 g/mol. The van der Waals surface area contributed by atoms with Gasteiger partial charge < -0.3 is 19.6 Å². The number of halogens is 2. The molecule has 2 aromatic heterocycles. The van der Waals surface area contributed by atoms with Crippen molar-refractivity contribution in [3.8, 4) is 0 Å². The summed E-state index contributed by atoms with van der Waals surface area (Å²) < 4.78 is 34.4. The second-order valence-electron chi connectivity index (χ2n) is 11.1. The first-order valence-corrected chi connectivity index (χ1v) is 13.2. The van der Waals surface area contributed by atoms with Crippen molar-refractivity contribution in [3.05, 3.63) is 58.9 Å². The van der Waals surface area contributed by atoms with Gasteiger partial charge in [0.05, 0.1) is 0 Å². The quantitative estimate of drug-likeness (QED) is 0.407. The number of aromatic nitrogens is 2. The summed E-state index contributed by atoms with van der Waals surface area (Å²) in [6.45, 7) is 6.83. The van der Waals surface area contributed by atoms with E-state index in [1.54, 1.807) is 29.3 Å². The van der Waals surface area contributed by atoms with E-state index in [1.807, 2.05) is 31.7 Å². The summed E-state index contributed by atoms with van der Waals surface area (Å²) in [6.07, 6.45) is 1.14. The predicted molar refractivity (Wildman–Crippen MR) is 143 cm³/mol. The molecule has 0 atom stereocenters. The number of likely N-dealkylation sites (tertiary alicyclic amines) is 1. The number of anilines is 2. The summed E-state index contributed by atoms with van der Waals surface area (Å²) in [5.41, 5.74) is 1.90. The Hall–Kier alpha value is -3.82. The number of ether oxygens (including phenoxy) is 1. The number of alkyl halides is 2. The average molecular weight is 539 g/mol. The zero-order valence-corrected chi connectivity index (χ0v) is 22.3. The molecule has 0 saturated carbocycles. The number of carbonyl (C=O) groups excluding carboxylic acids is 1. The van der Waals surface area contributed by atoms with Crippen LogP contribution in [0.3, 0.4) is 0 Å². The normalized spacial score (nSPS) is 16.5. The van der Waals surface area contributed by atoms with Crippen molar-refractivity contribution in [2.24, 2.45) is 0 Å². The number of fused-ring (bicyclic) bond motifs is 2. The maximum atomic E-state index is 14.5. The molecule has 0 unspecified atom stereocenters. The Morgan fingerprint density at radius 2 is 1.87 bits per heavy atom. The molecule has 8 nitrogen and oxygen atoms in total. The van der Waals surface area contributed by atoms with Crippen molar-refractivity contribution in [1.29, 1.82) is 0 Å². The summed E-state index contributed by atoms with van der Waals surface area (Å²) in [4.78, 5) is 36.6. The zero-order valence-electron chi connectivity index (χ0n) is 22.3. The number of amides is 1. The van der Waals surface area contributed by atoms with Gasteiger partial charge >= 0.3 is 12.1 Å². The number of carboxylic acids is 1. The monoisotopic (exact) mass is 538 g/mol. The molecule has 206 valence electrons. The lowest BCUT2D eigenvalue weighted by Gasteiger charge is -2.36. The van der Waals surface area contributed by atoms with Gasteiger partial charge in [0.1, 0.15) is 11.1 Å². The molecule has 39 heavy (non-hydrogen) atoms. The molecule has 1 amide bonds. The zero-order chi connectivity index (χ0) is 27.9. The lowest BCUT2D eigenvalue weighted by atomic mass is 9.84. The van der Waals surface area contributed by atoms with E-state index in [4.69, 9.17) is 4.74 Å². The van der Waals surface area contributed by atoms with Crippen molar-refractivity contribution in [2.45, 2.75) is 64.4 Å². The van der Waals surface area contributed by atoms with Crippen LogP contribution in [0.4, 0.5) is 25.1 Å². The lowest BCUT2D eigenvalue weighted by Crippen LogP contribution is -2.41. The highest BCUT2D eigenvalue weighted by molar-refractivity contribution is 5.97. The molecule has 1 aromatic carbocycles. The van der Waals surface area contributed by atoms with Crippen LogP contribution in [0.1, 0.15) is 79.6 Å². The van der Waals surface area contributed by atoms with E-state index in [9.17, 15) is 23.5 Å². The number of carbonyl (C=O) groups is 2. The van der Waals surface area contributed by atoms with Crippen LogP contribution in [0.15, 0.2) is 36.5 Å². The third-order valence-electron chi connectivity index (χ3n) is 7.27. The maximum Gasteiger partial charge on any atom is 0.410 e. The van der Waals surface area contributed by atoms with Gasteiger partial charge in [-0.05, 0) is 81.7 Å². The second-order valence-corrected chi connectivity index (χ2v) is 11.1. The van der Waals surface area contributed by atoms with E-state index < -0.39 is 18.0 Å². The molecule has 1 N–H and O–H groups in total. The van der Waals surface area contributed by atoms with Crippen LogP contribution < -0.4 is 4.90 Å². The van der Waals surface area contributed by atoms with Crippen LogP contribution in [-0.2, 0) is 11.2 Å². The van der Waals surface area contributed by atoms with Crippen LogP contribution in [0.2, 0.25) is 0 Å². The predicted octanol–water partition coefficient (Wildman–Crippen LogP) is 6.46. The molecule has 0 spiro atoms. The Balaban J connectivity index is 1.49. The van der Waals surface area contributed by atoms with E-state index in [0.29, 0.717) is 66.9 Å². The molecule has 4 heterocycles. The van der Waals surface area contributed by atoms with Gasteiger partial charge in [-0.2, -0.15) is 0 Å². The number of carboxylic acid groups (broad SMARTS) is 1. The van der Waals surface area contributed by atoms with Crippen LogP contribution in [0.5, 0.6) is 0 Å². The summed E-state index contributed by atoms with van der Waals surface area (Å²) in [5.74, 6) is -0.921. The molecule has 0 radical (unpaired) electrons. The number of piperidine rings is 1. The van der Waals surface area contributed by atoms with Gasteiger partial charge in [-0.1, -0.05) is 12.1 Å². The third kappa shape index (κ3) is 5.51. The fourth-order valence-electron chi connectivity index (χ4n) is 5.50. The van der Waals surface area contributed by atoms with E-state index in [0.717, 1.165) is 12.0 Å². The highest BCUT2D eigenvalue weighted by Crippen LogP contribution is 2.43. The number of hydrogen-bond acceptors (Lipinski definition) is 6. The fourth-order valence-corrected chi connectivity index (χ4v) is 5.50. The minimum absolute atomic E-state index is 0.0389. The first-order chi connectivity index (χ1) is 18.5. The van der Waals surface area contributed by atoms with Gasteiger partial charge in [0.25, 0.3) is 6.43 Å². The van der Waals surface area contributed by atoms with Gasteiger partial charge in [0.2, 0.25) is 0 Å². The minimum Gasteiger partial charge on any atom is -0.477 e. The molecule has 0 bridgehead atoms. The Kier molecular flexibility index (Phi) is 7.13. The largest absolute Gasteiger partial charge is 0.477 e. The Labute approximate surface area is 225 Å². The summed E-state index contributed by atoms with van der Waals surface area (Å²) >= 11 is 0. The first kappa shape index (κ1) is 26.8. The summed E-state index contributed by atoms with van der Waals surface area (Å²) in [6, 6.07) is 8.38. The molecule has 5 rings (SSSR count). The topological polar surface area (TPSA) is 95.9 Å². The second kappa shape index (κ2) is 10.4. The van der Waals surface area contributed by atoms with Crippen molar-refractivity contribution in [2.75, 3.05) is 24.5 Å². The maximum absolute atomic E-state index is 14.5. The molecule has 0 aliphatic carbocycles. The molecule has 1 fully saturated rings. The number of aryl methyl sites for hydroxylation is 1. The van der Waals surface area contributed by atoms with Crippen LogP contribution in [0.25, 0.3) is 10.9 Å². The first-order valence-electron chi connectivity index (χ1n) is 13.2. The van der Waals surface area contributed by atoms with Crippen LogP contribution >= 0.6 is 0 Å². The molecule has 2 aliphatic rings. The standard InChI is InChI=1S/C29H32F2N4O4/c1-29(2,3)39-28(38)34-12-8-17(9-13-34)20-14-18-7-5-11-35(23(18)16-21(20)25(30)31)26-24-19(6-4-10-32-24)15-22(33-26)27(36)37/h4,6,10,14-17,25H,5,7-9,11-13H2,1-3H3,(H,36,37). The Morgan fingerprint density at radius 3 is 2.54 bits per heavy atom. The van der Waals surface area contributed by atoms with Crippen molar-refractivity contribution >= 4 is 34.5 Å². The smallest absolute Gasteiger partial charge is 0.410 e. The average Bonchev–Trinajstić information content (AvgIpc) is 2.90. The molecular formula is C29H32F2N4O4. The molecule has 2 aliphatic heterocycles. The van der Waals surface area contributed by atoms with Crippen molar-refractivity contribution in [1.82, 2.24) is 14.9 Å². The van der Waals surface area contributed by atoms with Gasteiger partial charge in [-0.3, -0.25) is 4.98 Å². The SMILES string of the molecule is CC(C)(C)OC(=O)N1CCC(c2cc3c(cc2C(F)F)N(c2nc(C(=O)O)cc4cccnc24)CCC3)CC1. The van der Waals surface area contributed by atoms with Crippen molar-refractivity contribution < 1.29 is 28.2 Å².